The fraction of sp³-hybridized carbons (Fsp3) is 0.357. The Bertz CT molecular complexity index is 376. The summed E-state index contributed by atoms with van der Waals surface area (Å²) >= 11 is 0. The van der Waals surface area contributed by atoms with Crippen LogP contribution in [0.2, 0.25) is 0 Å². The van der Waals surface area contributed by atoms with E-state index in [4.69, 9.17) is 0 Å². The molecule has 1 nitrogen and oxygen atoms in total. The molecule has 0 atom stereocenters. The third kappa shape index (κ3) is 3.02. The van der Waals surface area contributed by atoms with Crippen molar-refractivity contribution in [3.05, 3.63) is 48.3 Å². The van der Waals surface area contributed by atoms with Gasteiger partial charge in [0.25, 0.3) is 0 Å². The second-order valence-corrected chi connectivity index (χ2v) is 4.55. The summed E-state index contributed by atoms with van der Waals surface area (Å²) in [6.07, 6.45) is 3.37. The van der Waals surface area contributed by atoms with E-state index in [-0.39, 0.29) is 11.6 Å². The molecular weight excluding hydrogens is 203 g/mol. The number of allylic oxidation sites excluding steroid dienone is 1. The lowest BCUT2D eigenvalue weighted by molar-refractivity contribution is 0.0828. The topological polar surface area (TPSA) is 17.1 Å². The Morgan fingerprint density at radius 1 is 1.38 bits per heavy atom. The highest BCUT2D eigenvalue weighted by molar-refractivity contribution is 5.99. The molecule has 0 aliphatic carbocycles. The van der Waals surface area contributed by atoms with E-state index in [0.29, 0.717) is 5.56 Å². The van der Waals surface area contributed by atoms with E-state index in [0.717, 1.165) is 12.8 Å². The molecular formula is C14H17FO. The summed E-state index contributed by atoms with van der Waals surface area (Å²) in [5, 5.41) is 0. The second-order valence-electron chi connectivity index (χ2n) is 4.55. The molecule has 1 rings (SSSR count). The normalized spacial score (nSPS) is 11.2. The maximum atomic E-state index is 12.7. The molecule has 0 amide bonds. The number of hydrogen-bond acceptors (Lipinski definition) is 1. The van der Waals surface area contributed by atoms with Gasteiger partial charge < -0.3 is 0 Å². The molecule has 0 fully saturated rings. The molecule has 0 saturated carbocycles. The van der Waals surface area contributed by atoms with E-state index < -0.39 is 5.41 Å². The van der Waals surface area contributed by atoms with Crippen LogP contribution >= 0.6 is 0 Å². The van der Waals surface area contributed by atoms with Gasteiger partial charge in [-0.15, -0.1) is 6.58 Å². The van der Waals surface area contributed by atoms with Gasteiger partial charge in [0.2, 0.25) is 0 Å². The number of Topliss-reactive ketones (excluding diaryl/α,β-unsaturated/α-hetero) is 1. The zero-order valence-electron chi connectivity index (χ0n) is 9.79. The Hall–Kier alpha value is -1.44. The molecule has 1 aromatic rings. The fourth-order valence-electron chi connectivity index (χ4n) is 1.57. The van der Waals surface area contributed by atoms with Crippen LogP contribution in [0.25, 0.3) is 0 Å². The number of halogens is 1. The Morgan fingerprint density at radius 3 is 2.44 bits per heavy atom. The molecule has 0 spiro atoms. The van der Waals surface area contributed by atoms with Crippen molar-refractivity contribution in [2.75, 3.05) is 0 Å². The average molecular weight is 220 g/mol. The van der Waals surface area contributed by atoms with Gasteiger partial charge in [-0.3, -0.25) is 4.79 Å². The second kappa shape index (κ2) is 5.06. The maximum absolute atomic E-state index is 12.7. The highest BCUT2D eigenvalue weighted by Gasteiger charge is 2.27. The Morgan fingerprint density at radius 2 is 1.94 bits per heavy atom. The average Bonchev–Trinajstić information content (AvgIpc) is 2.26. The van der Waals surface area contributed by atoms with Crippen LogP contribution in [0.4, 0.5) is 4.39 Å². The van der Waals surface area contributed by atoms with Crippen molar-refractivity contribution in [3.63, 3.8) is 0 Å². The predicted octanol–water partition coefficient (Wildman–Crippen LogP) is 4.00. The summed E-state index contributed by atoms with van der Waals surface area (Å²) in [6, 6.07) is 5.70. The fourth-order valence-corrected chi connectivity index (χ4v) is 1.57. The number of carbonyl (C=O) groups excluding carboxylic acids is 1. The van der Waals surface area contributed by atoms with Gasteiger partial charge in [-0.25, -0.2) is 4.39 Å². The number of carbonyl (C=O) groups is 1. The first-order chi connectivity index (χ1) is 7.47. The van der Waals surface area contributed by atoms with E-state index >= 15 is 0 Å². The smallest absolute Gasteiger partial charge is 0.168 e. The highest BCUT2D eigenvalue weighted by atomic mass is 19.1. The summed E-state index contributed by atoms with van der Waals surface area (Å²) in [5.41, 5.74) is 0.141. The first-order valence-corrected chi connectivity index (χ1v) is 5.38. The Balaban J connectivity index is 2.84. The highest BCUT2D eigenvalue weighted by Crippen LogP contribution is 2.27. The number of benzene rings is 1. The predicted molar refractivity (Wildman–Crippen MR) is 63.9 cm³/mol. The molecule has 1 aromatic carbocycles. The largest absolute Gasteiger partial charge is 0.294 e. The van der Waals surface area contributed by atoms with Crippen LogP contribution in [-0.4, -0.2) is 5.78 Å². The van der Waals surface area contributed by atoms with Gasteiger partial charge in [0.05, 0.1) is 0 Å². The van der Waals surface area contributed by atoms with E-state index in [1.807, 2.05) is 13.8 Å². The van der Waals surface area contributed by atoms with Crippen molar-refractivity contribution in [2.45, 2.75) is 26.7 Å². The minimum absolute atomic E-state index is 0.0503. The molecule has 0 bridgehead atoms. The Labute approximate surface area is 96.0 Å². The lowest BCUT2D eigenvalue weighted by atomic mass is 9.80. The summed E-state index contributed by atoms with van der Waals surface area (Å²) in [7, 11) is 0. The summed E-state index contributed by atoms with van der Waals surface area (Å²) in [5.74, 6) is -0.269. The van der Waals surface area contributed by atoms with Crippen LogP contribution in [-0.2, 0) is 0 Å². The molecule has 0 saturated heterocycles. The van der Waals surface area contributed by atoms with Crippen LogP contribution in [0, 0.1) is 11.2 Å². The minimum atomic E-state index is -0.425. The van der Waals surface area contributed by atoms with Gasteiger partial charge in [-0.1, -0.05) is 19.9 Å². The van der Waals surface area contributed by atoms with Crippen LogP contribution in [0.5, 0.6) is 0 Å². The van der Waals surface area contributed by atoms with Gasteiger partial charge in [0, 0.05) is 11.0 Å². The van der Waals surface area contributed by atoms with E-state index in [1.54, 1.807) is 6.08 Å². The van der Waals surface area contributed by atoms with Gasteiger partial charge >= 0.3 is 0 Å². The van der Waals surface area contributed by atoms with Crippen LogP contribution < -0.4 is 0 Å². The van der Waals surface area contributed by atoms with Crippen molar-refractivity contribution in [1.82, 2.24) is 0 Å². The quantitative estimate of drug-likeness (QED) is 0.541. The van der Waals surface area contributed by atoms with Crippen LogP contribution in [0.15, 0.2) is 36.9 Å². The Kier molecular flexibility index (Phi) is 3.99. The van der Waals surface area contributed by atoms with Gasteiger partial charge in [0.1, 0.15) is 5.82 Å². The van der Waals surface area contributed by atoms with Crippen molar-refractivity contribution in [1.29, 1.82) is 0 Å². The third-order valence-electron chi connectivity index (χ3n) is 2.69. The molecule has 86 valence electrons. The van der Waals surface area contributed by atoms with Crippen molar-refractivity contribution in [3.8, 4) is 0 Å². The molecule has 2 heteroatoms. The molecule has 0 radical (unpaired) electrons. The van der Waals surface area contributed by atoms with Gasteiger partial charge in [-0.2, -0.15) is 0 Å². The number of hydrogen-bond donors (Lipinski definition) is 0. The zero-order chi connectivity index (χ0) is 12.2. The molecule has 16 heavy (non-hydrogen) atoms. The molecule has 0 aliphatic heterocycles. The summed E-state index contributed by atoms with van der Waals surface area (Å²) in [6.45, 7) is 7.46. The standard InChI is InChI=1S/C14H17FO/c1-4-5-10-14(2,3)13(16)11-6-8-12(15)9-7-11/h4,6-9H,1,5,10H2,2-3H3. The number of ketones is 1. The van der Waals surface area contributed by atoms with E-state index in [1.165, 1.54) is 24.3 Å². The molecule has 0 aromatic heterocycles. The number of rotatable bonds is 5. The molecule has 0 aliphatic rings. The van der Waals surface area contributed by atoms with Crippen LogP contribution in [0.3, 0.4) is 0 Å². The molecule has 0 heterocycles. The van der Waals surface area contributed by atoms with Crippen LogP contribution in [0.1, 0.15) is 37.0 Å². The van der Waals surface area contributed by atoms with Gasteiger partial charge in [-0.05, 0) is 37.1 Å². The third-order valence-corrected chi connectivity index (χ3v) is 2.69. The lowest BCUT2D eigenvalue weighted by Crippen LogP contribution is -2.24. The zero-order valence-corrected chi connectivity index (χ0v) is 9.79. The van der Waals surface area contributed by atoms with Crippen molar-refractivity contribution in [2.24, 2.45) is 5.41 Å². The first kappa shape index (κ1) is 12.6. The minimum Gasteiger partial charge on any atom is -0.294 e. The maximum Gasteiger partial charge on any atom is 0.168 e. The first-order valence-electron chi connectivity index (χ1n) is 5.38. The van der Waals surface area contributed by atoms with E-state index in [9.17, 15) is 9.18 Å². The summed E-state index contributed by atoms with van der Waals surface area (Å²) in [4.78, 5) is 12.1. The SMILES string of the molecule is C=CCCC(C)(C)C(=O)c1ccc(F)cc1. The van der Waals surface area contributed by atoms with Crippen molar-refractivity contribution >= 4 is 5.78 Å². The molecule has 0 N–H and O–H groups in total. The van der Waals surface area contributed by atoms with Gasteiger partial charge in [0.15, 0.2) is 5.78 Å². The molecule has 0 unspecified atom stereocenters. The van der Waals surface area contributed by atoms with E-state index in [2.05, 4.69) is 6.58 Å². The van der Waals surface area contributed by atoms with Crippen molar-refractivity contribution < 1.29 is 9.18 Å². The monoisotopic (exact) mass is 220 g/mol. The summed E-state index contributed by atoms with van der Waals surface area (Å²) < 4.78 is 12.7. The lowest BCUT2D eigenvalue weighted by Gasteiger charge is -2.22.